The highest BCUT2D eigenvalue weighted by Crippen LogP contribution is 2.32. The van der Waals surface area contributed by atoms with E-state index in [2.05, 4.69) is 0 Å². The molecule has 4 nitrogen and oxygen atoms in total. The third-order valence-corrected chi connectivity index (χ3v) is 3.72. The van der Waals surface area contributed by atoms with Crippen molar-refractivity contribution in [3.8, 4) is 0 Å². The van der Waals surface area contributed by atoms with Crippen molar-refractivity contribution in [2.24, 2.45) is 11.8 Å². The molecule has 1 saturated carbocycles. The molecule has 1 aliphatic rings. The number of Topliss-reactive ketones (excluding diaryl/α,β-unsaturated/α-hetero) is 1. The van der Waals surface area contributed by atoms with Gasteiger partial charge in [-0.15, -0.1) is 0 Å². The van der Waals surface area contributed by atoms with E-state index in [-0.39, 0.29) is 30.7 Å². The van der Waals surface area contributed by atoms with Gasteiger partial charge in [-0.25, -0.2) is 0 Å². The molecule has 0 aromatic rings. The maximum absolute atomic E-state index is 12.0. The topological polar surface area (TPSA) is 52.6 Å². The highest BCUT2D eigenvalue weighted by molar-refractivity contribution is 5.85. The summed E-state index contributed by atoms with van der Waals surface area (Å²) in [5, 5.41) is 0. The lowest BCUT2D eigenvalue weighted by atomic mass is 9.78. The lowest BCUT2D eigenvalue weighted by Gasteiger charge is -2.28. The normalized spacial score (nSPS) is 18.0. The summed E-state index contributed by atoms with van der Waals surface area (Å²) in [4.78, 5) is 23.9. The van der Waals surface area contributed by atoms with Crippen LogP contribution in [0.1, 0.15) is 52.4 Å². The minimum Gasteiger partial charge on any atom is -0.466 e. The number of esters is 1. The van der Waals surface area contributed by atoms with E-state index in [4.69, 9.17) is 9.47 Å². The second-order valence-corrected chi connectivity index (χ2v) is 5.14. The Bertz CT molecular complexity index is 282. The second kappa shape index (κ2) is 9.08. The maximum atomic E-state index is 12.0. The molecule has 0 N–H and O–H groups in total. The molecule has 0 aromatic heterocycles. The van der Waals surface area contributed by atoms with E-state index < -0.39 is 0 Å². The third kappa shape index (κ3) is 5.72. The molecule has 0 heterocycles. The van der Waals surface area contributed by atoms with Crippen LogP contribution < -0.4 is 0 Å². The Hall–Kier alpha value is -0.900. The number of carbonyl (C=O) groups is 2. The molecule has 110 valence electrons. The predicted octanol–water partition coefficient (Wildman–Crippen LogP) is 2.74. The molecule has 0 spiro atoms. The summed E-state index contributed by atoms with van der Waals surface area (Å²) in [5.41, 5.74) is 0. The van der Waals surface area contributed by atoms with Gasteiger partial charge in [-0.1, -0.05) is 19.3 Å². The van der Waals surface area contributed by atoms with Crippen LogP contribution in [0, 0.1) is 11.8 Å². The lowest BCUT2D eigenvalue weighted by molar-refractivity contribution is -0.152. The van der Waals surface area contributed by atoms with Gasteiger partial charge in [0.05, 0.1) is 12.5 Å². The fourth-order valence-corrected chi connectivity index (χ4v) is 2.75. The Morgan fingerprint density at radius 3 is 2.37 bits per heavy atom. The lowest BCUT2D eigenvalue weighted by Crippen LogP contribution is -2.30. The first-order chi connectivity index (χ1) is 9.19. The minimum atomic E-state index is -0.270. The molecular formula is C15H26O4. The standard InChI is InChI=1S/C15H26O4/c1-3-18-11-13(16)10-14(15(17)19-4-2)12-8-6-5-7-9-12/h12,14H,3-11H2,1-2H3. The van der Waals surface area contributed by atoms with Crippen LogP contribution in [0.3, 0.4) is 0 Å². The van der Waals surface area contributed by atoms with Gasteiger partial charge in [0.15, 0.2) is 5.78 Å². The van der Waals surface area contributed by atoms with Crippen LogP contribution >= 0.6 is 0 Å². The smallest absolute Gasteiger partial charge is 0.309 e. The van der Waals surface area contributed by atoms with E-state index >= 15 is 0 Å². The van der Waals surface area contributed by atoms with E-state index in [1.54, 1.807) is 6.92 Å². The number of hydrogen-bond acceptors (Lipinski definition) is 4. The van der Waals surface area contributed by atoms with Crippen molar-refractivity contribution < 1.29 is 19.1 Å². The molecule has 0 aromatic carbocycles. The van der Waals surface area contributed by atoms with Gasteiger partial charge < -0.3 is 9.47 Å². The van der Waals surface area contributed by atoms with Gasteiger partial charge >= 0.3 is 5.97 Å². The summed E-state index contributed by atoms with van der Waals surface area (Å²) in [7, 11) is 0. The third-order valence-electron chi connectivity index (χ3n) is 3.72. The quantitative estimate of drug-likeness (QED) is 0.636. The zero-order valence-electron chi connectivity index (χ0n) is 12.2. The average Bonchev–Trinajstić information content (AvgIpc) is 2.43. The summed E-state index contributed by atoms with van der Waals surface area (Å²) < 4.78 is 10.3. The van der Waals surface area contributed by atoms with E-state index in [1.165, 1.54) is 6.42 Å². The van der Waals surface area contributed by atoms with Crippen LogP contribution in [0.2, 0.25) is 0 Å². The fourth-order valence-electron chi connectivity index (χ4n) is 2.75. The summed E-state index contributed by atoms with van der Waals surface area (Å²) in [6.07, 6.45) is 5.87. The highest BCUT2D eigenvalue weighted by atomic mass is 16.5. The monoisotopic (exact) mass is 270 g/mol. The molecule has 0 saturated heterocycles. The first-order valence-electron chi connectivity index (χ1n) is 7.45. The zero-order valence-corrected chi connectivity index (χ0v) is 12.2. The van der Waals surface area contributed by atoms with Crippen molar-refractivity contribution in [2.45, 2.75) is 52.4 Å². The maximum Gasteiger partial charge on any atom is 0.309 e. The number of ether oxygens (including phenoxy) is 2. The molecule has 0 bridgehead atoms. The number of carbonyl (C=O) groups excluding carboxylic acids is 2. The van der Waals surface area contributed by atoms with Crippen molar-refractivity contribution >= 4 is 11.8 Å². The van der Waals surface area contributed by atoms with Crippen LogP contribution in [0.5, 0.6) is 0 Å². The van der Waals surface area contributed by atoms with Crippen molar-refractivity contribution in [3.63, 3.8) is 0 Å². The number of hydrogen-bond donors (Lipinski definition) is 0. The van der Waals surface area contributed by atoms with Crippen LogP contribution in [0.25, 0.3) is 0 Å². The van der Waals surface area contributed by atoms with Crippen LogP contribution in [0.4, 0.5) is 0 Å². The largest absolute Gasteiger partial charge is 0.466 e. The van der Waals surface area contributed by atoms with Crippen LogP contribution in [-0.2, 0) is 19.1 Å². The number of rotatable bonds is 8. The van der Waals surface area contributed by atoms with E-state index in [9.17, 15) is 9.59 Å². The van der Waals surface area contributed by atoms with E-state index in [1.807, 2.05) is 6.92 Å². The molecule has 0 amide bonds. The van der Waals surface area contributed by atoms with Gasteiger partial charge in [0.1, 0.15) is 6.61 Å². The van der Waals surface area contributed by atoms with Crippen molar-refractivity contribution in [1.82, 2.24) is 0 Å². The Balaban J connectivity index is 2.57. The van der Waals surface area contributed by atoms with Gasteiger partial charge in [-0.3, -0.25) is 9.59 Å². The average molecular weight is 270 g/mol. The molecule has 1 fully saturated rings. The molecule has 1 unspecified atom stereocenters. The van der Waals surface area contributed by atoms with Crippen LogP contribution in [-0.4, -0.2) is 31.6 Å². The fraction of sp³-hybridized carbons (Fsp3) is 0.867. The summed E-state index contributed by atoms with van der Waals surface area (Å²) in [5.74, 6) is -0.170. The molecule has 0 radical (unpaired) electrons. The Kier molecular flexibility index (Phi) is 7.72. The molecule has 4 heteroatoms. The van der Waals surface area contributed by atoms with Gasteiger partial charge in [0, 0.05) is 13.0 Å². The molecule has 1 aliphatic carbocycles. The summed E-state index contributed by atoms with van der Waals surface area (Å²) in [6.45, 7) is 4.68. The second-order valence-electron chi connectivity index (χ2n) is 5.14. The summed E-state index contributed by atoms with van der Waals surface area (Å²) in [6, 6.07) is 0. The Morgan fingerprint density at radius 1 is 1.11 bits per heavy atom. The molecule has 19 heavy (non-hydrogen) atoms. The molecule has 1 atom stereocenters. The van der Waals surface area contributed by atoms with Gasteiger partial charge in [-0.2, -0.15) is 0 Å². The van der Waals surface area contributed by atoms with Gasteiger partial charge in [-0.05, 0) is 32.6 Å². The zero-order chi connectivity index (χ0) is 14.1. The first-order valence-corrected chi connectivity index (χ1v) is 7.45. The van der Waals surface area contributed by atoms with Crippen molar-refractivity contribution in [3.05, 3.63) is 0 Å². The predicted molar refractivity (Wildman–Crippen MR) is 72.8 cm³/mol. The van der Waals surface area contributed by atoms with Gasteiger partial charge in [0.2, 0.25) is 0 Å². The van der Waals surface area contributed by atoms with Crippen molar-refractivity contribution in [2.75, 3.05) is 19.8 Å². The molecular weight excluding hydrogens is 244 g/mol. The summed E-state index contributed by atoms with van der Waals surface area (Å²) >= 11 is 0. The van der Waals surface area contributed by atoms with E-state index in [0.717, 1.165) is 25.7 Å². The van der Waals surface area contributed by atoms with Crippen molar-refractivity contribution in [1.29, 1.82) is 0 Å². The molecule has 0 aliphatic heterocycles. The van der Waals surface area contributed by atoms with Gasteiger partial charge in [0.25, 0.3) is 0 Å². The highest BCUT2D eigenvalue weighted by Gasteiger charge is 2.32. The minimum absolute atomic E-state index is 0.00507. The Labute approximate surface area is 115 Å². The van der Waals surface area contributed by atoms with E-state index in [0.29, 0.717) is 19.1 Å². The van der Waals surface area contributed by atoms with Crippen LogP contribution in [0.15, 0.2) is 0 Å². The SMILES string of the molecule is CCOCC(=O)CC(C(=O)OCC)C1CCCCC1. The Morgan fingerprint density at radius 2 is 1.79 bits per heavy atom. The number of ketones is 1. The molecule has 1 rings (SSSR count). The first kappa shape index (κ1) is 16.2.